The molecule has 0 radical (unpaired) electrons. The molecular formula is C29H34FN5O3. The third-order valence-electron chi connectivity index (χ3n) is 9.29. The molecule has 1 spiro atoms. The number of carbonyl (C=O) groups is 1. The number of benzene rings is 1. The van der Waals surface area contributed by atoms with Crippen molar-refractivity contribution in [3.05, 3.63) is 47.5 Å². The van der Waals surface area contributed by atoms with Gasteiger partial charge in [0.1, 0.15) is 5.82 Å². The van der Waals surface area contributed by atoms with Gasteiger partial charge in [0.25, 0.3) is 0 Å². The van der Waals surface area contributed by atoms with Gasteiger partial charge in [-0.15, -0.1) is 0 Å². The van der Waals surface area contributed by atoms with E-state index in [1.54, 1.807) is 22.9 Å². The lowest BCUT2D eigenvalue weighted by Gasteiger charge is -2.40. The number of ether oxygens (including phenoxy) is 1. The van der Waals surface area contributed by atoms with Gasteiger partial charge in [-0.1, -0.05) is 6.42 Å². The van der Waals surface area contributed by atoms with Gasteiger partial charge in [-0.2, -0.15) is 5.10 Å². The van der Waals surface area contributed by atoms with Crippen molar-refractivity contribution in [2.45, 2.75) is 68.9 Å². The van der Waals surface area contributed by atoms with Crippen molar-refractivity contribution >= 4 is 22.7 Å². The molecule has 3 saturated heterocycles. The number of aromatic nitrogens is 3. The lowest BCUT2D eigenvalue weighted by molar-refractivity contribution is -0.0157. The Morgan fingerprint density at radius 1 is 1.05 bits per heavy atom. The molecule has 0 amide bonds. The summed E-state index contributed by atoms with van der Waals surface area (Å²) in [5, 5.41) is 15.9. The first-order valence-electron chi connectivity index (χ1n) is 14.1. The standard InChI is InChI=1S/C29H34FN5O3/c30-20-6-8-21(9-7-20)35-27-25(26(32-35)19-4-3-5-19)24(16-23(31-27)28(36)37)34-14-10-29(11-15-34)17-22(18-38-29)33-12-1-2-13-33/h6-9,16,19,22H,1-5,10-15,17-18H2,(H,36,37). The summed E-state index contributed by atoms with van der Waals surface area (Å²) in [6, 6.07) is 8.38. The molecule has 9 heteroatoms. The fourth-order valence-electron chi connectivity index (χ4n) is 6.88. The molecule has 1 atom stereocenters. The van der Waals surface area contributed by atoms with E-state index in [0.29, 0.717) is 23.3 Å². The van der Waals surface area contributed by atoms with Crippen LogP contribution in [0.15, 0.2) is 30.3 Å². The molecule has 38 heavy (non-hydrogen) atoms. The molecule has 3 aliphatic heterocycles. The Morgan fingerprint density at radius 2 is 1.79 bits per heavy atom. The van der Waals surface area contributed by atoms with Crippen LogP contribution in [0.4, 0.5) is 10.1 Å². The summed E-state index contributed by atoms with van der Waals surface area (Å²) in [5.41, 5.74) is 2.99. The number of anilines is 1. The first-order valence-corrected chi connectivity index (χ1v) is 14.1. The highest BCUT2D eigenvalue weighted by molar-refractivity contribution is 5.98. The minimum Gasteiger partial charge on any atom is -0.477 e. The van der Waals surface area contributed by atoms with Gasteiger partial charge in [0.15, 0.2) is 11.3 Å². The zero-order valence-corrected chi connectivity index (χ0v) is 21.6. The molecule has 1 unspecified atom stereocenters. The zero-order chi connectivity index (χ0) is 25.9. The molecule has 7 rings (SSSR count). The highest BCUT2D eigenvalue weighted by Gasteiger charge is 2.45. The third kappa shape index (κ3) is 4.07. The lowest BCUT2D eigenvalue weighted by atomic mass is 9.81. The summed E-state index contributed by atoms with van der Waals surface area (Å²) in [5.74, 6) is -1.06. The summed E-state index contributed by atoms with van der Waals surface area (Å²) in [4.78, 5) is 21.6. The maximum Gasteiger partial charge on any atom is 0.354 e. The van der Waals surface area contributed by atoms with Crippen LogP contribution in [-0.4, -0.2) is 75.2 Å². The average Bonchev–Trinajstić information content (AvgIpc) is 3.64. The fraction of sp³-hybridized carbons (Fsp3) is 0.552. The summed E-state index contributed by atoms with van der Waals surface area (Å²) >= 11 is 0. The van der Waals surface area contributed by atoms with Gasteiger partial charge in [-0.05, 0) is 88.4 Å². The predicted molar refractivity (Wildman–Crippen MR) is 142 cm³/mol. The number of hydrogen-bond acceptors (Lipinski definition) is 6. The Kier molecular flexibility index (Phi) is 5.89. The maximum absolute atomic E-state index is 13.7. The van der Waals surface area contributed by atoms with Gasteiger partial charge in [-0.25, -0.2) is 18.9 Å². The van der Waals surface area contributed by atoms with E-state index in [4.69, 9.17) is 9.84 Å². The Morgan fingerprint density at radius 3 is 2.45 bits per heavy atom. The molecule has 1 N–H and O–H groups in total. The van der Waals surface area contributed by atoms with Crippen LogP contribution >= 0.6 is 0 Å². The highest BCUT2D eigenvalue weighted by atomic mass is 19.1. The first kappa shape index (κ1) is 24.0. The Bertz CT molecular complexity index is 1350. The van der Waals surface area contributed by atoms with E-state index in [2.05, 4.69) is 14.8 Å². The smallest absolute Gasteiger partial charge is 0.354 e. The average molecular weight is 520 g/mol. The number of fused-ring (bicyclic) bond motifs is 1. The van der Waals surface area contributed by atoms with Crippen molar-refractivity contribution in [3.63, 3.8) is 0 Å². The van der Waals surface area contributed by atoms with Crippen LogP contribution in [0.2, 0.25) is 0 Å². The first-order chi connectivity index (χ1) is 18.5. The number of likely N-dealkylation sites (tertiary alicyclic amines) is 1. The molecule has 4 fully saturated rings. The van der Waals surface area contributed by atoms with Gasteiger partial charge in [0.2, 0.25) is 0 Å². The second kappa shape index (κ2) is 9.31. The van der Waals surface area contributed by atoms with E-state index in [-0.39, 0.29) is 17.1 Å². The molecule has 5 heterocycles. The summed E-state index contributed by atoms with van der Waals surface area (Å²) in [7, 11) is 0. The second-order valence-electron chi connectivity index (χ2n) is 11.5. The fourth-order valence-corrected chi connectivity index (χ4v) is 6.88. The van der Waals surface area contributed by atoms with E-state index in [9.17, 15) is 14.3 Å². The molecule has 1 aromatic carbocycles. The van der Waals surface area contributed by atoms with Crippen LogP contribution in [0, 0.1) is 5.82 Å². The molecular weight excluding hydrogens is 485 g/mol. The van der Waals surface area contributed by atoms with E-state index >= 15 is 0 Å². The molecule has 200 valence electrons. The van der Waals surface area contributed by atoms with Gasteiger partial charge in [0, 0.05) is 25.0 Å². The summed E-state index contributed by atoms with van der Waals surface area (Å²) in [6.07, 6.45) is 8.79. The minimum atomic E-state index is -1.06. The van der Waals surface area contributed by atoms with Crippen LogP contribution in [0.25, 0.3) is 16.7 Å². The van der Waals surface area contributed by atoms with Crippen molar-refractivity contribution in [3.8, 4) is 5.69 Å². The van der Waals surface area contributed by atoms with Crippen molar-refractivity contribution in [1.82, 2.24) is 19.7 Å². The van der Waals surface area contributed by atoms with Crippen LogP contribution in [-0.2, 0) is 4.74 Å². The van der Waals surface area contributed by atoms with Crippen LogP contribution in [0.5, 0.6) is 0 Å². The minimum absolute atomic E-state index is 0.00224. The number of rotatable bonds is 5. The van der Waals surface area contributed by atoms with E-state index in [0.717, 1.165) is 75.0 Å². The number of halogens is 1. The van der Waals surface area contributed by atoms with E-state index < -0.39 is 5.97 Å². The number of carboxylic acids is 1. The van der Waals surface area contributed by atoms with Gasteiger partial charge >= 0.3 is 5.97 Å². The van der Waals surface area contributed by atoms with Crippen molar-refractivity contribution in [2.75, 3.05) is 37.7 Å². The largest absolute Gasteiger partial charge is 0.477 e. The monoisotopic (exact) mass is 519 g/mol. The quantitative estimate of drug-likeness (QED) is 0.521. The van der Waals surface area contributed by atoms with E-state index in [1.165, 1.54) is 38.1 Å². The Hall–Kier alpha value is -3.04. The third-order valence-corrected chi connectivity index (χ3v) is 9.29. The molecule has 1 aliphatic carbocycles. The number of piperidine rings is 1. The van der Waals surface area contributed by atoms with Crippen molar-refractivity contribution < 1.29 is 19.0 Å². The predicted octanol–water partition coefficient (Wildman–Crippen LogP) is 4.75. The van der Waals surface area contributed by atoms with Crippen LogP contribution < -0.4 is 4.90 Å². The molecule has 8 nitrogen and oxygen atoms in total. The normalized spacial score (nSPS) is 23.9. The second-order valence-corrected chi connectivity index (χ2v) is 11.5. The topological polar surface area (TPSA) is 83.7 Å². The number of hydrogen-bond donors (Lipinski definition) is 1. The van der Waals surface area contributed by atoms with Crippen molar-refractivity contribution in [2.24, 2.45) is 0 Å². The summed E-state index contributed by atoms with van der Waals surface area (Å²) in [6.45, 7) is 4.79. The summed E-state index contributed by atoms with van der Waals surface area (Å²) < 4.78 is 21.9. The zero-order valence-electron chi connectivity index (χ0n) is 21.6. The van der Waals surface area contributed by atoms with Crippen LogP contribution in [0.3, 0.4) is 0 Å². The lowest BCUT2D eigenvalue weighted by Crippen LogP contribution is -2.45. The van der Waals surface area contributed by atoms with Gasteiger partial charge in [-0.3, -0.25) is 4.90 Å². The van der Waals surface area contributed by atoms with Crippen LogP contribution in [0.1, 0.15) is 73.5 Å². The van der Waals surface area contributed by atoms with E-state index in [1.807, 2.05) is 0 Å². The Labute approximate surface area is 221 Å². The molecule has 1 saturated carbocycles. The molecule has 3 aromatic rings. The highest BCUT2D eigenvalue weighted by Crippen LogP contribution is 2.45. The maximum atomic E-state index is 13.7. The molecule has 2 aromatic heterocycles. The van der Waals surface area contributed by atoms with Gasteiger partial charge < -0.3 is 14.7 Å². The number of nitrogens with zero attached hydrogens (tertiary/aromatic N) is 5. The Balaban J connectivity index is 1.25. The van der Waals surface area contributed by atoms with Gasteiger partial charge in [0.05, 0.1) is 34.7 Å². The molecule has 0 bridgehead atoms. The van der Waals surface area contributed by atoms with Crippen molar-refractivity contribution in [1.29, 1.82) is 0 Å². The number of carboxylic acid groups (broad SMARTS) is 1. The number of pyridine rings is 1. The number of aromatic carboxylic acids is 1. The molecule has 4 aliphatic rings. The SMILES string of the molecule is O=C(O)c1cc(N2CCC3(CC2)CC(N2CCCC2)CO3)c2c(C3CCC3)nn(-c3ccc(F)cc3)c2n1.